The summed E-state index contributed by atoms with van der Waals surface area (Å²) in [6.45, 7) is 4.51. The summed E-state index contributed by atoms with van der Waals surface area (Å²) >= 11 is 1.72. The maximum absolute atomic E-state index is 12.5. The van der Waals surface area contributed by atoms with E-state index in [1.165, 1.54) is 10.6 Å². The number of rotatable bonds is 4. The van der Waals surface area contributed by atoms with Crippen molar-refractivity contribution in [1.82, 2.24) is 20.8 Å². The number of carbonyl (C=O) groups is 2. The van der Waals surface area contributed by atoms with E-state index in [1.807, 2.05) is 13.0 Å². The van der Waals surface area contributed by atoms with E-state index in [2.05, 4.69) is 20.8 Å². The molecule has 1 fully saturated rings. The molecule has 32 heavy (non-hydrogen) atoms. The summed E-state index contributed by atoms with van der Waals surface area (Å²) in [4.78, 5) is 27.2. The minimum Gasteiger partial charge on any atom is -0.475 e. The Morgan fingerprint density at radius 1 is 1.31 bits per heavy atom. The zero-order valence-corrected chi connectivity index (χ0v) is 18.3. The monoisotopic (exact) mass is 474 g/mol. The lowest BCUT2D eigenvalue weighted by Crippen LogP contribution is -2.33. The van der Waals surface area contributed by atoms with Crippen LogP contribution in [0.4, 0.5) is 13.2 Å². The zero-order chi connectivity index (χ0) is 23.3. The Balaban J connectivity index is 0.000000360. The van der Waals surface area contributed by atoms with E-state index in [9.17, 15) is 18.0 Å². The largest absolute Gasteiger partial charge is 0.490 e. The second-order valence-corrected chi connectivity index (χ2v) is 9.09. The van der Waals surface area contributed by atoms with E-state index < -0.39 is 12.1 Å². The molecule has 8 nitrogen and oxygen atoms in total. The van der Waals surface area contributed by atoms with Crippen LogP contribution in [0.5, 0.6) is 0 Å². The van der Waals surface area contributed by atoms with Gasteiger partial charge in [0, 0.05) is 22.8 Å². The van der Waals surface area contributed by atoms with Gasteiger partial charge in [-0.25, -0.2) is 9.78 Å². The maximum Gasteiger partial charge on any atom is 0.490 e. The molecule has 1 saturated heterocycles. The van der Waals surface area contributed by atoms with Gasteiger partial charge in [0.15, 0.2) is 5.76 Å². The van der Waals surface area contributed by atoms with E-state index in [0.717, 1.165) is 61.7 Å². The van der Waals surface area contributed by atoms with Gasteiger partial charge >= 0.3 is 12.1 Å². The molecule has 0 radical (unpaired) electrons. The molecule has 0 aromatic carbocycles. The molecule has 4 rings (SSSR count). The Kier molecular flexibility index (Phi) is 7.88. The van der Waals surface area contributed by atoms with Crippen LogP contribution in [-0.2, 0) is 29.0 Å². The van der Waals surface area contributed by atoms with E-state index in [4.69, 9.17) is 14.4 Å². The van der Waals surface area contributed by atoms with Crippen molar-refractivity contribution >= 4 is 23.2 Å². The number of nitrogens with one attached hydrogen (secondary N) is 2. The SMILES string of the molecule is Cc1nc2c(s1)CC(C(=O)NCc1cc(C3CCNCC3)no1)CC2.O=C(O)C(F)(F)F. The van der Waals surface area contributed by atoms with Gasteiger partial charge in [0.25, 0.3) is 0 Å². The van der Waals surface area contributed by atoms with Crippen molar-refractivity contribution in [1.29, 1.82) is 0 Å². The molecular weight excluding hydrogens is 449 g/mol. The fourth-order valence-electron chi connectivity index (χ4n) is 3.77. The summed E-state index contributed by atoms with van der Waals surface area (Å²) in [5.41, 5.74) is 2.21. The Morgan fingerprint density at radius 3 is 2.66 bits per heavy atom. The summed E-state index contributed by atoms with van der Waals surface area (Å²) in [5.74, 6) is -1.39. The number of amides is 1. The van der Waals surface area contributed by atoms with Crippen LogP contribution >= 0.6 is 11.3 Å². The third-order valence-electron chi connectivity index (χ3n) is 5.43. The zero-order valence-electron chi connectivity index (χ0n) is 17.5. The molecule has 1 aliphatic heterocycles. The van der Waals surface area contributed by atoms with Crippen molar-refractivity contribution in [2.24, 2.45) is 5.92 Å². The molecule has 3 N–H and O–H groups in total. The maximum atomic E-state index is 12.5. The van der Waals surface area contributed by atoms with Gasteiger partial charge in [-0.1, -0.05) is 5.16 Å². The standard InChI is InChI=1S/C18H24N4O2S.C2HF3O2/c1-11-21-15-3-2-13(8-17(15)25-11)18(23)20-10-14-9-16(22-24-14)12-4-6-19-7-5-12;3-2(4,5)1(6)7/h9,12-13,19H,2-8,10H2,1H3,(H,20,23);(H,6,7). The van der Waals surface area contributed by atoms with Crippen molar-refractivity contribution < 1.29 is 32.4 Å². The van der Waals surface area contributed by atoms with Crippen LogP contribution in [0.25, 0.3) is 0 Å². The summed E-state index contributed by atoms with van der Waals surface area (Å²) in [6.07, 6.45) is -0.309. The summed E-state index contributed by atoms with van der Waals surface area (Å²) in [6, 6.07) is 2.00. The quantitative estimate of drug-likeness (QED) is 0.624. The highest BCUT2D eigenvalue weighted by atomic mass is 32.1. The van der Waals surface area contributed by atoms with E-state index in [-0.39, 0.29) is 11.8 Å². The molecule has 0 spiro atoms. The molecular formula is C20H25F3N4O4S. The van der Waals surface area contributed by atoms with Crippen LogP contribution < -0.4 is 10.6 Å². The third-order valence-corrected chi connectivity index (χ3v) is 6.47. The van der Waals surface area contributed by atoms with Crippen LogP contribution in [0.2, 0.25) is 0 Å². The lowest BCUT2D eigenvalue weighted by atomic mass is 9.90. The number of thiazole rings is 1. The molecule has 0 saturated carbocycles. The second kappa shape index (κ2) is 10.4. The van der Waals surface area contributed by atoms with Crippen LogP contribution in [0.1, 0.15) is 52.2 Å². The number of nitrogens with zero attached hydrogens (tertiary/aromatic N) is 2. The third kappa shape index (κ3) is 6.52. The number of carboxylic acid groups (broad SMARTS) is 1. The molecule has 2 aromatic heterocycles. The molecule has 1 amide bonds. The van der Waals surface area contributed by atoms with Gasteiger partial charge < -0.3 is 20.3 Å². The number of carbonyl (C=O) groups excluding carboxylic acids is 1. The molecule has 12 heteroatoms. The van der Waals surface area contributed by atoms with Crippen LogP contribution in [0.3, 0.4) is 0 Å². The number of piperidine rings is 1. The highest BCUT2D eigenvalue weighted by molar-refractivity contribution is 7.11. The number of carboxylic acids is 1. The molecule has 1 atom stereocenters. The number of aliphatic carboxylic acids is 1. The lowest BCUT2D eigenvalue weighted by Gasteiger charge is -2.20. The van der Waals surface area contributed by atoms with Gasteiger partial charge in [-0.15, -0.1) is 11.3 Å². The van der Waals surface area contributed by atoms with Gasteiger partial charge in [0.05, 0.1) is 22.9 Å². The average molecular weight is 475 g/mol. The number of hydrogen-bond donors (Lipinski definition) is 3. The Bertz CT molecular complexity index is 938. The highest BCUT2D eigenvalue weighted by Gasteiger charge is 2.38. The molecule has 0 bridgehead atoms. The van der Waals surface area contributed by atoms with Crippen LogP contribution in [0.15, 0.2) is 10.6 Å². The van der Waals surface area contributed by atoms with E-state index in [0.29, 0.717) is 12.5 Å². The number of alkyl halides is 3. The van der Waals surface area contributed by atoms with Crippen molar-refractivity contribution in [2.75, 3.05) is 13.1 Å². The van der Waals surface area contributed by atoms with Crippen molar-refractivity contribution in [3.05, 3.63) is 33.1 Å². The first-order valence-corrected chi connectivity index (χ1v) is 11.1. The first-order valence-electron chi connectivity index (χ1n) is 10.3. The Morgan fingerprint density at radius 2 is 2.00 bits per heavy atom. The minimum atomic E-state index is -5.08. The van der Waals surface area contributed by atoms with Gasteiger partial charge in [-0.2, -0.15) is 13.2 Å². The van der Waals surface area contributed by atoms with Gasteiger partial charge in [-0.05, 0) is 52.1 Å². The Labute approximate surface area is 186 Å². The normalized spacial score (nSPS) is 18.9. The molecule has 2 aromatic rings. The molecule has 3 heterocycles. The lowest BCUT2D eigenvalue weighted by molar-refractivity contribution is -0.192. The molecule has 1 unspecified atom stereocenters. The van der Waals surface area contributed by atoms with Crippen LogP contribution in [-0.4, -0.2) is 46.4 Å². The first kappa shape index (κ1) is 24.2. The summed E-state index contributed by atoms with van der Waals surface area (Å²) in [7, 11) is 0. The van der Waals surface area contributed by atoms with Crippen molar-refractivity contribution in [3.8, 4) is 0 Å². The Hall–Kier alpha value is -2.47. The fraction of sp³-hybridized carbons (Fsp3) is 0.600. The number of hydrogen-bond acceptors (Lipinski definition) is 7. The van der Waals surface area contributed by atoms with Gasteiger partial charge in [0.1, 0.15) is 0 Å². The average Bonchev–Trinajstić information content (AvgIpc) is 3.37. The smallest absolute Gasteiger partial charge is 0.475 e. The predicted molar refractivity (Wildman–Crippen MR) is 109 cm³/mol. The summed E-state index contributed by atoms with van der Waals surface area (Å²) in [5, 5.41) is 18.8. The van der Waals surface area contributed by atoms with E-state index >= 15 is 0 Å². The van der Waals surface area contributed by atoms with Gasteiger partial charge in [0.2, 0.25) is 5.91 Å². The van der Waals surface area contributed by atoms with Crippen molar-refractivity contribution in [2.45, 2.75) is 57.7 Å². The van der Waals surface area contributed by atoms with Gasteiger partial charge in [-0.3, -0.25) is 4.79 Å². The topological polar surface area (TPSA) is 117 Å². The van der Waals surface area contributed by atoms with Crippen LogP contribution in [0, 0.1) is 12.8 Å². The molecule has 176 valence electrons. The minimum absolute atomic E-state index is 0.0409. The van der Waals surface area contributed by atoms with E-state index in [1.54, 1.807) is 11.3 Å². The first-order chi connectivity index (χ1) is 15.1. The number of fused-ring (bicyclic) bond motifs is 1. The molecule has 2 aliphatic rings. The molecule has 1 aliphatic carbocycles. The highest BCUT2D eigenvalue weighted by Crippen LogP contribution is 2.30. The summed E-state index contributed by atoms with van der Waals surface area (Å²) < 4.78 is 37.2. The second-order valence-electron chi connectivity index (χ2n) is 7.81. The fourth-order valence-corrected chi connectivity index (χ4v) is 4.83. The number of aromatic nitrogens is 2. The predicted octanol–water partition coefficient (Wildman–Crippen LogP) is 2.96. The number of halogens is 3. The van der Waals surface area contributed by atoms with Crippen molar-refractivity contribution in [3.63, 3.8) is 0 Å². The number of aryl methyl sites for hydroxylation is 2.